The Bertz CT molecular complexity index is 1120. The van der Waals surface area contributed by atoms with E-state index in [9.17, 15) is 4.79 Å². The highest BCUT2D eigenvalue weighted by molar-refractivity contribution is 6.35. The molecule has 0 aliphatic rings. The average molecular weight is 446 g/mol. The van der Waals surface area contributed by atoms with Crippen LogP contribution in [0.2, 0.25) is 10.0 Å². The number of benzene rings is 2. The number of aromatic nitrogens is 1. The molecule has 1 aromatic heterocycles. The maximum Gasteiger partial charge on any atom is 0.271 e. The first kappa shape index (κ1) is 21.7. The van der Waals surface area contributed by atoms with E-state index in [1.165, 1.54) is 14.2 Å². The van der Waals surface area contributed by atoms with Gasteiger partial charge in [0.1, 0.15) is 0 Å². The van der Waals surface area contributed by atoms with Crippen molar-refractivity contribution in [3.05, 3.63) is 75.0 Å². The third kappa shape index (κ3) is 4.45. The summed E-state index contributed by atoms with van der Waals surface area (Å²) in [4.78, 5) is 12.4. The van der Waals surface area contributed by atoms with E-state index in [1.54, 1.807) is 36.5 Å². The Morgan fingerprint density at radius 1 is 1.03 bits per heavy atom. The van der Waals surface area contributed by atoms with E-state index in [4.69, 9.17) is 32.7 Å². The Labute approximate surface area is 185 Å². The highest BCUT2D eigenvalue weighted by Gasteiger charge is 2.13. The normalized spacial score (nSPS) is 11.0. The quantitative estimate of drug-likeness (QED) is 0.419. The molecule has 2 aromatic carbocycles. The SMILES string of the molecule is COc1ccc(C(=O)N/N=C\c2cc(C)n(-c3ccc(Cl)cc3Cl)c2C)cc1OC. The maximum absolute atomic E-state index is 12.4. The van der Waals surface area contributed by atoms with E-state index < -0.39 is 0 Å². The molecule has 1 N–H and O–H groups in total. The number of halogens is 2. The van der Waals surface area contributed by atoms with Gasteiger partial charge in [0.05, 0.1) is 31.1 Å². The number of rotatable bonds is 6. The third-order valence-corrected chi connectivity index (χ3v) is 5.17. The molecule has 0 unspecified atom stereocenters. The number of nitrogens with one attached hydrogen (secondary N) is 1. The minimum atomic E-state index is -0.359. The van der Waals surface area contributed by atoms with Gasteiger partial charge in [-0.1, -0.05) is 23.2 Å². The van der Waals surface area contributed by atoms with Gasteiger partial charge in [0.2, 0.25) is 0 Å². The van der Waals surface area contributed by atoms with Gasteiger partial charge in [-0.25, -0.2) is 5.43 Å². The van der Waals surface area contributed by atoms with Gasteiger partial charge in [-0.05, 0) is 56.3 Å². The van der Waals surface area contributed by atoms with E-state index in [1.807, 2.05) is 30.5 Å². The van der Waals surface area contributed by atoms with Gasteiger partial charge >= 0.3 is 0 Å². The highest BCUT2D eigenvalue weighted by Crippen LogP contribution is 2.29. The Morgan fingerprint density at radius 2 is 1.77 bits per heavy atom. The lowest BCUT2D eigenvalue weighted by Gasteiger charge is -2.11. The van der Waals surface area contributed by atoms with Crippen LogP contribution >= 0.6 is 23.2 Å². The van der Waals surface area contributed by atoms with Crippen molar-refractivity contribution >= 4 is 35.3 Å². The smallest absolute Gasteiger partial charge is 0.271 e. The topological polar surface area (TPSA) is 64.8 Å². The Hall–Kier alpha value is -2.96. The van der Waals surface area contributed by atoms with Crippen molar-refractivity contribution in [1.82, 2.24) is 9.99 Å². The molecular formula is C22H21Cl2N3O3. The van der Waals surface area contributed by atoms with Crippen LogP contribution in [0.1, 0.15) is 27.3 Å². The van der Waals surface area contributed by atoms with Gasteiger partial charge in [0.15, 0.2) is 11.5 Å². The zero-order valence-electron chi connectivity index (χ0n) is 17.0. The van der Waals surface area contributed by atoms with Crippen LogP contribution in [-0.4, -0.2) is 30.9 Å². The van der Waals surface area contributed by atoms with Crippen molar-refractivity contribution < 1.29 is 14.3 Å². The van der Waals surface area contributed by atoms with Gasteiger partial charge in [-0.3, -0.25) is 4.79 Å². The van der Waals surface area contributed by atoms with E-state index in [2.05, 4.69) is 10.5 Å². The molecule has 3 rings (SSSR count). The van der Waals surface area contributed by atoms with Crippen LogP contribution in [0, 0.1) is 13.8 Å². The van der Waals surface area contributed by atoms with Crippen LogP contribution in [0.25, 0.3) is 5.69 Å². The second-order valence-corrected chi connectivity index (χ2v) is 7.37. The summed E-state index contributed by atoms with van der Waals surface area (Å²) < 4.78 is 12.4. The van der Waals surface area contributed by atoms with Crippen molar-refractivity contribution in [1.29, 1.82) is 0 Å². The summed E-state index contributed by atoms with van der Waals surface area (Å²) in [7, 11) is 3.05. The van der Waals surface area contributed by atoms with Crippen molar-refractivity contribution in [2.75, 3.05) is 14.2 Å². The predicted molar refractivity (Wildman–Crippen MR) is 120 cm³/mol. The molecular weight excluding hydrogens is 425 g/mol. The molecule has 0 atom stereocenters. The molecule has 8 heteroatoms. The number of methoxy groups -OCH3 is 2. The van der Waals surface area contributed by atoms with Gasteiger partial charge < -0.3 is 14.0 Å². The van der Waals surface area contributed by atoms with Crippen molar-refractivity contribution in [3.63, 3.8) is 0 Å². The summed E-state index contributed by atoms with van der Waals surface area (Å²) in [6, 6.07) is 12.2. The molecule has 1 heterocycles. The molecule has 1 amide bonds. The molecule has 0 fully saturated rings. The highest BCUT2D eigenvalue weighted by atomic mass is 35.5. The molecule has 0 bridgehead atoms. The summed E-state index contributed by atoms with van der Waals surface area (Å²) >= 11 is 12.4. The third-order valence-electron chi connectivity index (χ3n) is 4.64. The molecule has 0 aliphatic heterocycles. The fraction of sp³-hybridized carbons (Fsp3) is 0.182. The van der Waals surface area contributed by atoms with Crippen molar-refractivity contribution in [2.45, 2.75) is 13.8 Å². The van der Waals surface area contributed by atoms with E-state index in [0.717, 1.165) is 22.6 Å². The van der Waals surface area contributed by atoms with Crippen molar-refractivity contribution in [3.8, 4) is 17.2 Å². The monoisotopic (exact) mass is 445 g/mol. The summed E-state index contributed by atoms with van der Waals surface area (Å²) in [6.45, 7) is 3.92. The fourth-order valence-electron chi connectivity index (χ4n) is 3.15. The standard InChI is InChI=1S/C22H21Cl2N3O3/c1-13-9-16(14(2)27(13)19-7-6-17(23)11-18(19)24)12-25-26-22(28)15-5-8-20(29-3)21(10-15)30-4/h5-12H,1-4H3,(H,26,28)/b25-12-. The number of hydrazone groups is 1. The second-order valence-electron chi connectivity index (χ2n) is 6.53. The van der Waals surface area contributed by atoms with E-state index in [0.29, 0.717) is 27.1 Å². The molecule has 0 saturated carbocycles. The molecule has 0 radical (unpaired) electrons. The lowest BCUT2D eigenvalue weighted by Crippen LogP contribution is -2.17. The minimum absolute atomic E-state index is 0.359. The number of carbonyl (C=O) groups excluding carboxylic acids is 1. The number of ether oxygens (including phenoxy) is 2. The Morgan fingerprint density at radius 3 is 2.43 bits per heavy atom. The van der Waals surface area contributed by atoms with Gasteiger partial charge in [-0.15, -0.1) is 0 Å². The van der Waals surface area contributed by atoms with Gasteiger partial charge in [0.25, 0.3) is 5.91 Å². The molecule has 156 valence electrons. The first-order valence-electron chi connectivity index (χ1n) is 9.05. The van der Waals surface area contributed by atoms with Crippen LogP contribution in [0.15, 0.2) is 47.6 Å². The largest absolute Gasteiger partial charge is 0.493 e. The second kappa shape index (κ2) is 9.24. The zero-order chi connectivity index (χ0) is 21.8. The van der Waals surface area contributed by atoms with Crippen LogP contribution in [0.5, 0.6) is 11.5 Å². The molecule has 3 aromatic rings. The number of carbonyl (C=O) groups is 1. The van der Waals surface area contributed by atoms with E-state index in [-0.39, 0.29) is 5.91 Å². The minimum Gasteiger partial charge on any atom is -0.493 e. The summed E-state index contributed by atoms with van der Waals surface area (Å²) in [5.41, 5.74) is 6.52. The maximum atomic E-state index is 12.4. The average Bonchev–Trinajstić information content (AvgIpc) is 3.00. The predicted octanol–water partition coefficient (Wildman–Crippen LogP) is 5.18. The number of aryl methyl sites for hydroxylation is 1. The summed E-state index contributed by atoms with van der Waals surface area (Å²) in [5, 5.41) is 5.22. The lowest BCUT2D eigenvalue weighted by atomic mass is 10.2. The van der Waals surface area contributed by atoms with Crippen LogP contribution in [0.4, 0.5) is 0 Å². The summed E-state index contributed by atoms with van der Waals surface area (Å²) in [6.07, 6.45) is 1.60. The first-order chi connectivity index (χ1) is 14.3. The van der Waals surface area contributed by atoms with Crippen LogP contribution in [0.3, 0.4) is 0 Å². The van der Waals surface area contributed by atoms with Crippen LogP contribution < -0.4 is 14.9 Å². The molecule has 0 aliphatic carbocycles. The fourth-order valence-corrected chi connectivity index (χ4v) is 3.65. The van der Waals surface area contributed by atoms with Gasteiger partial charge in [-0.2, -0.15) is 5.10 Å². The van der Waals surface area contributed by atoms with E-state index >= 15 is 0 Å². The number of nitrogens with zero attached hydrogens (tertiary/aromatic N) is 2. The first-order valence-corrected chi connectivity index (χ1v) is 9.81. The molecule has 0 saturated heterocycles. The Balaban J connectivity index is 1.80. The molecule has 30 heavy (non-hydrogen) atoms. The molecule has 0 spiro atoms. The zero-order valence-corrected chi connectivity index (χ0v) is 18.5. The Kier molecular flexibility index (Phi) is 6.70. The van der Waals surface area contributed by atoms with Crippen molar-refractivity contribution in [2.24, 2.45) is 5.10 Å². The number of hydrogen-bond donors (Lipinski definition) is 1. The summed E-state index contributed by atoms with van der Waals surface area (Å²) in [5.74, 6) is 0.658. The molecule has 6 nitrogen and oxygen atoms in total. The van der Waals surface area contributed by atoms with Crippen LogP contribution in [-0.2, 0) is 0 Å². The number of amides is 1. The van der Waals surface area contributed by atoms with Gasteiger partial charge in [0, 0.05) is 27.5 Å². The number of hydrogen-bond acceptors (Lipinski definition) is 4. The lowest BCUT2D eigenvalue weighted by molar-refractivity contribution is 0.0954.